The van der Waals surface area contributed by atoms with Gasteiger partial charge in [0.1, 0.15) is 30.5 Å². The lowest BCUT2D eigenvalue weighted by Gasteiger charge is -2.29. The van der Waals surface area contributed by atoms with Crippen LogP contribution >= 0.6 is 0 Å². The summed E-state index contributed by atoms with van der Waals surface area (Å²) in [7, 11) is 0. The molecule has 94 valence electrons. The van der Waals surface area contributed by atoms with Crippen LogP contribution in [-0.4, -0.2) is 63.7 Å². The average molecular weight is 242 g/mol. The third-order valence-corrected chi connectivity index (χ3v) is 2.65. The Morgan fingerprint density at radius 3 is 2.71 bits per heavy atom. The molecule has 0 saturated carbocycles. The summed E-state index contributed by atoms with van der Waals surface area (Å²) in [6.45, 7) is 3.24. The first-order valence-corrected chi connectivity index (χ1v) is 5.02. The van der Waals surface area contributed by atoms with Crippen LogP contribution in [0.3, 0.4) is 0 Å². The van der Waals surface area contributed by atoms with E-state index in [4.69, 9.17) is 15.6 Å². The lowest BCUT2D eigenvalue weighted by atomic mass is 10.1. The second-order valence-electron chi connectivity index (χ2n) is 3.77. The maximum absolute atomic E-state index is 9.78. The fourth-order valence-electron chi connectivity index (χ4n) is 1.73. The van der Waals surface area contributed by atoms with E-state index in [0.717, 1.165) is 0 Å². The first-order chi connectivity index (χ1) is 8.04. The van der Waals surface area contributed by atoms with Crippen molar-refractivity contribution in [1.29, 1.82) is 0 Å². The van der Waals surface area contributed by atoms with Gasteiger partial charge in [-0.1, -0.05) is 6.58 Å². The van der Waals surface area contributed by atoms with Crippen molar-refractivity contribution >= 4 is 12.3 Å². The van der Waals surface area contributed by atoms with Gasteiger partial charge >= 0.3 is 0 Å². The van der Waals surface area contributed by atoms with Gasteiger partial charge in [-0.05, 0) is 0 Å². The molecular formula is C9H14N4O4. The van der Waals surface area contributed by atoms with Gasteiger partial charge in [0, 0.05) is 0 Å². The minimum Gasteiger partial charge on any atom is -0.394 e. The van der Waals surface area contributed by atoms with Gasteiger partial charge in [-0.2, -0.15) is 4.99 Å². The number of ether oxygens (including phenoxy) is 1. The number of aliphatic hydroxyl groups excluding tert-OH is 3. The second kappa shape index (κ2) is 4.41. The summed E-state index contributed by atoms with van der Waals surface area (Å²) in [5.41, 5.74) is 5.37. The summed E-state index contributed by atoms with van der Waals surface area (Å²) in [4.78, 5) is 8.91. The third-order valence-electron chi connectivity index (χ3n) is 2.65. The molecule has 2 heterocycles. The van der Waals surface area contributed by atoms with E-state index in [1.165, 1.54) is 11.2 Å². The average Bonchev–Trinajstić information content (AvgIpc) is 2.57. The topological polar surface area (TPSA) is 124 Å². The minimum atomic E-state index is -1.19. The highest BCUT2D eigenvalue weighted by Gasteiger charge is 2.45. The molecule has 4 atom stereocenters. The van der Waals surface area contributed by atoms with Crippen molar-refractivity contribution in [3.63, 3.8) is 0 Å². The summed E-state index contributed by atoms with van der Waals surface area (Å²) >= 11 is 0. The third kappa shape index (κ3) is 2.03. The van der Waals surface area contributed by atoms with E-state index in [9.17, 15) is 10.2 Å². The van der Waals surface area contributed by atoms with Gasteiger partial charge in [-0.25, -0.2) is 4.99 Å². The molecule has 5 N–H and O–H groups in total. The quantitative estimate of drug-likeness (QED) is 0.426. The largest absolute Gasteiger partial charge is 0.394 e. The van der Waals surface area contributed by atoms with Crippen LogP contribution in [0.25, 0.3) is 0 Å². The maximum atomic E-state index is 9.78. The molecule has 1 fully saturated rings. The second-order valence-corrected chi connectivity index (χ2v) is 3.77. The monoisotopic (exact) mass is 242 g/mol. The first kappa shape index (κ1) is 12.0. The summed E-state index contributed by atoms with van der Waals surface area (Å²) in [5, 5.41) is 28.3. The van der Waals surface area contributed by atoms with Gasteiger partial charge in [0.05, 0.1) is 6.61 Å². The molecule has 1 saturated heterocycles. The molecule has 2 aliphatic heterocycles. The van der Waals surface area contributed by atoms with Crippen molar-refractivity contribution in [2.75, 3.05) is 6.61 Å². The number of hydrogen-bond donors (Lipinski definition) is 4. The van der Waals surface area contributed by atoms with E-state index in [1.807, 2.05) is 0 Å². The lowest BCUT2D eigenvalue weighted by molar-refractivity contribution is -0.0607. The van der Waals surface area contributed by atoms with E-state index in [-0.39, 0.29) is 11.8 Å². The van der Waals surface area contributed by atoms with Crippen LogP contribution in [0.1, 0.15) is 0 Å². The summed E-state index contributed by atoms with van der Waals surface area (Å²) in [5.74, 6) is 0.297. The Kier molecular flexibility index (Phi) is 3.11. The predicted molar refractivity (Wildman–Crippen MR) is 58.9 cm³/mol. The van der Waals surface area contributed by atoms with E-state index < -0.39 is 31.1 Å². The van der Waals surface area contributed by atoms with Crippen molar-refractivity contribution in [3.8, 4) is 0 Å². The number of rotatable bonds is 2. The van der Waals surface area contributed by atoms with Crippen LogP contribution < -0.4 is 5.73 Å². The molecule has 2 rings (SSSR count). The SMILES string of the molecule is C=C1N=C(N)N=CN1[C@@H]1O[C@H](CO)[C@H](O)C1O. The van der Waals surface area contributed by atoms with Crippen LogP contribution in [-0.2, 0) is 4.74 Å². The molecule has 0 aliphatic carbocycles. The zero-order valence-electron chi connectivity index (χ0n) is 8.97. The number of hydrogen-bond acceptors (Lipinski definition) is 8. The summed E-state index contributed by atoms with van der Waals surface area (Å²) < 4.78 is 5.29. The van der Waals surface area contributed by atoms with Gasteiger partial charge in [-0.15, -0.1) is 0 Å². The highest BCUT2D eigenvalue weighted by Crippen LogP contribution is 2.26. The Hall–Kier alpha value is -1.48. The fourth-order valence-corrected chi connectivity index (χ4v) is 1.73. The molecule has 0 aromatic carbocycles. The van der Waals surface area contributed by atoms with Crippen LogP contribution in [0.2, 0.25) is 0 Å². The molecule has 8 nitrogen and oxygen atoms in total. The van der Waals surface area contributed by atoms with Crippen LogP contribution in [0.15, 0.2) is 22.4 Å². The van der Waals surface area contributed by atoms with Crippen LogP contribution in [0.4, 0.5) is 0 Å². The van der Waals surface area contributed by atoms with E-state index in [0.29, 0.717) is 0 Å². The molecule has 0 spiro atoms. The first-order valence-electron chi connectivity index (χ1n) is 5.02. The smallest absolute Gasteiger partial charge is 0.223 e. The van der Waals surface area contributed by atoms with Gasteiger partial charge in [0.15, 0.2) is 6.23 Å². The van der Waals surface area contributed by atoms with Gasteiger partial charge in [0.2, 0.25) is 5.96 Å². The molecule has 17 heavy (non-hydrogen) atoms. The van der Waals surface area contributed by atoms with Crippen molar-refractivity contribution in [2.24, 2.45) is 15.7 Å². The zero-order valence-corrected chi connectivity index (χ0v) is 8.97. The number of guanidine groups is 1. The molecule has 0 aromatic heterocycles. The maximum Gasteiger partial charge on any atom is 0.223 e. The van der Waals surface area contributed by atoms with E-state index >= 15 is 0 Å². The molecule has 0 radical (unpaired) electrons. The predicted octanol–water partition coefficient (Wildman–Crippen LogP) is -2.44. The molecule has 0 bridgehead atoms. The molecule has 2 aliphatic rings. The van der Waals surface area contributed by atoms with Crippen molar-refractivity contribution in [3.05, 3.63) is 12.4 Å². The highest BCUT2D eigenvalue weighted by atomic mass is 16.6. The highest BCUT2D eigenvalue weighted by molar-refractivity contribution is 5.89. The normalized spacial score (nSPS) is 37.5. The number of nitrogens with zero attached hydrogens (tertiary/aromatic N) is 3. The van der Waals surface area contributed by atoms with Crippen LogP contribution in [0.5, 0.6) is 0 Å². The minimum absolute atomic E-state index is 0.0537. The van der Waals surface area contributed by atoms with Gasteiger partial charge < -0.3 is 25.8 Å². The molecule has 1 unspecified atom stereocenters. The fraction of sp³-hybridized carbons (Fsp3) is 0.556. The van der Waals surface area contributed by atoms with Gasteiger partial charge in [0.25, 0.3) is 0 Å². The molecule has 0 aromatic rings. The van der Waals surface area contributed by atoms with Crippen molar-refractivity contribution < 1.29 is 20.1 Å². The van der Waals surface area contributed by atoms with Crippen molar-refractivity contribution in [1.82, 2.24) is 4.90 Å². The zero-order chi connectivity index (χ0) is 12.6. The molecule has 8 heteroatoms. The Bertz CT molecular complexity index is 383. The van der Waals surface area contributed by atoms with E-state index in [2.05, 4.69) is 16.6 Å². The summed E-state index contributed by atoms with van der Waals surface area (Å²) in [6.07, 6.45) is -2.79. The standard InChI is InChI=1S/C9H14N4O4/c1-4-12-9(10)11-3-13(4)8-7(16)6(15)5(2-14)17-8/h3,5-8,14-16H,1-2H2,(H2,10,12)/t5-,6+,7?,8-/m1/s1. The van der Waals surface area contributed by atoms with Crippen LogP contribution in [0, 0.1) is 0 Å². The Balaban J connectivity index is 2.15. The Labute approximate surface area is 97.3 Å². The Morgan fingerprint density at radius 1 is 1.47 bits per heavy atom. The van der Waals surface area contributed by atoms with E-state index in [1.54, 1.807) is 0 Å². The number of nitrogens with two attached hydrogens (primary N) is 1. The molecule has 0 amide bonds. The molecular weight excluding hydrogens is 228 g/mol. The van der Waals surface area contributed by atoms with Gasteiger partial charge in [-0.3, -0.25) is 4.90 Å². The summed E-state index contributed by atoms with van der Waals surface area (Å²) in [6, 6.07) is 0. The lowest BCUT2D eigenvalue weighted by Crippen LogP contribution is -2.44. The number of aliphatic imine (C=N–C) groups is 2. The number of aliphatic hydroxyl groups is 3. The Morgan fingerprint density at radius 2 is 2.18 bits per heavy atom. The van der Waals surface area contributed by atoms with Crippen molar-refractivity contribution in [2.45, 2.75) is 24.5 Å².